The SMILES string of the molecule is COc1cc(I)c(Oc2cnc(N)nc2N)cc1C#C[Si](C)(C)C. The first-order chi connectivity index (χ1) is 11.2. The van der Waals surface area contributed by atoms with Crippen LogP contribution in [0.4, 0.5) is 11.8 Å². The molecular weight excluding hydrogens is 435 g/mol. The number of ether oxygens (including phenoxy) is 2. The molecule has 126 valence electrons. The zero-order chi connectivity index (χ0) is 17.9. The first-order valence-corrected chi connectivity index (χ1v) is 11.7. The minimum absolute atomic E-state index is 0.103. The summed E-state index contributed by atoms with van der Waals surface area (Å²) in [5.74, 6) is 5.15. The summed E-state index contributed by atoms with van der Waals surface area (Å²) < 4.78 is 12.1. The Morgan fingerprint density at radius 1 is 1.12 bits per heavy atom. The van der Waals surface area contributed by atoms with Gasteiger partial charge in [-0.2, -0.15) is 4.98 Å². The molecule has 0 amide bonds. The molecule has 0 unspecified atom stereocenters. The summed E-state index contributed by atoms with van der Waals surface area (Å²) in [7, 11) is 0.113. The van der Waals surface area contributed by atoms with Crippen LogP contribution in [-0.2, 0) is 0 Å². The van der Waals surface area contributed by atoms with Crippen molar-refractivity contribution in [3.8, 4) is 28.7 Å². The van der Waals surface area contributed by atoms with Crippen molar-refractivity contribution in [3.05, 3.63) is 27.5 Å². The summed E-state index contributed by atoms with van der Waals surface area (Å²) in [5.41, 5.74) is 15.4. The lowest BCUT2D eigenvalue weighted by atomic mass is 10.2. The van der Waals surface area contributed by atoms with Gasteiger partial charge >= 0.3 is 0 Å². The predicted octanol–water partition coefficient (Wildman–Crippen LogP) is 3.28. The number of halogens is 1. The molecular formula is C16H19IN4O2Si. The molecule has 6 nitrogen and oxygen atoms in total. The second kappa shape index (κ2) is 7.27. The Morgan fingerprint density at radius 3 is 2.42 bits per heavy atom. The lowest BCUT2D eigenvalue weighted by Crippen LogP contribution is -2.16. The second-order valence-corrected chi connectivity index (χ2v) is 12.0. The van der Waals surface area contributed by atoms with Crippen LogP contribution in [0.5, 0.6) is 17.2 Å². The van der Waals surface area contributed by atoms with Crippen LogP contribution in [0.1, 0.15) is 5.56 Å². The van der Waals surface area contributed by atoms with Gasteiger partial charge in [-0.25, -0.2) is 4.98 Å². The van der Waals surface area contributed by atoms with E-state index < -0.39 is 8.07 Å². The standard InChI is InChI=1S/C16H19IN4O2Si/c1-22-12-8-11(17)13(7-10(12)5-6-24(2,3)4)23-14-9-20-16(19)21-15(14)18/h7-9H,1-4H3,(H4,18,19,20,21). The third-order valence-electron chi connectivity index (χ3n) is 2.85. The highest BCUT2D eigenvalue weighted by Gasteiger charge is 2.13. The number of hydrogen-bond donors (Lipinski definition) is 2. The molecule has 0 bridgehead atoms. The summed E-state index contributed by atoms with van der Waals surface area (Å²) in [6.45, 7) is 6.55. The number of methoxy groups -OCH3 is 1. The van der Waals surface area contributed by atoms with Crippen LogP contribution in [0.15, 0.2) is 18.3 Å². The first-order valence-electron chi connectivity index (χ1n) is 7.16. The molecule has 0 spiro atoms. The Balaban J connectivity index is 2.44. The van der Waals surface area contributed by atoms with E-state index in [0.29, 0.717) is 17.2 Å². The van der Waals surface area contributed by atoms with Crippen molar-refractivity contribution in [1.82, 2.24) is 9.97 Å². The molecule has 2 aromatic rings. The smallest absolute Gasteiger partial charge is 0.222 e. The summed E-state index contributed by atoms with van der Waals surface area (Å²) in [6, 6.07) is 3.71. The number of rotatable bonds is 3. The maximum Gasteiger partial charge on any atom is 0.222 e. The molecule has 1 aromatic heterocycles. The van der Waals surface area contributed by atoms with Gasteiger partial charge in [0.15, 0.2) is 11.6 Å². The van der Waals surface area contributed by atoms with E-state index in [1.807, 2.05) is 12.1 Å². The van der Waals surface area contributed by atoms with Crippen molar-refractivity contribution in [1.29, 1.82) is 0 Å². The Hall–Kier alpha value is -1.99. The number of anilines is 2. The van der Waals surface area contributed by atoms with Crippen LogP contribution in [-0.4, -0.2) is 25.2 Å². The van der Waals surface area contributed by atoms with Crippen LogP contribution in [0.2, 0.25) is 19.6 Å². The lowest BCUT2D eigenvalue weighted by molar-refractivity contribution is 0.411. The topological polar surface area (TPSA) is 96.3 Å². The van der Waals surface area contributed by atoms with Gasteiger partial charge in [0, 0.05) is 6.07 Å². The largest absolute Gasteiger partial charge is 0.495 e. The summed E-state index contributed by atoms with van der Waals surface area (Å²) in [4.78, 5) is 7.80. The van der Waals surface area contributed by atoms with Crippen LogP contribution < -0.4 is 20.9 Å². The highest BCUT2D eigenvalue weighted by Crippen LogP contribution is 2.34. The van der Waals surface area contributed by atoms with E-state index >= 15 is 0 Å². The first kappa shape index (κ1) is 18.3. The second-order valence-electron chi connectivity index (χ2n) is 6.06. The normalized spacial score (nSPS) is 10.7. The van der Waals surface area contributed by atoms with Gasteiger partial charge in [-0.05, 0) is 28.7 Å². The maximum absolute atomic E-state index is 5.84. The van der Waals surface area contributed by atoms with Gasteiger partial charge in [0.05, 0.1) is 22.4 Å². The molecule has 0 saturated heterocycles. The Kier molecular flexibility index (Phi) is 5.56. The van der Waals surface area contributed by atoms with E-state index in [2.05, 4.69) is 63.7 Å². The molecule has 1 heterocycles. The molecule has 0 saturated carbocycles. The van der Waals surface area contributed by atoms with Crippen LogP contribution in [0, 0.1) is 15.0 Å². The fourth-order valence-corrected chi connectivity index (χ4v) is 2.79. The Morgan fingerprint density at radius 2 is 1.83 bits per heavy atom. The summed E-state index contributed by atoms with van der Waals surface area (Å²) in [6.07, 6.45) is 1.45. The molecule has 0 aliphatic carbocycles. The lowest BCUT2D eigenvalue weighted by Gasteiger charge is -2.12. The van der Waals surface area contributed by atoms with Gasteiger partial charge in [-0.1, -0.05) is 25.6 Å². The van der Waals surface area contributed by atoms with E-state index in [4.69, 9.17) is 20.9 Å². The van der Waals surface area contributed by atoms with Crippen molar-refractivity contribution in [2.24, 2.45) is 0 Å². The summed E-state index contributed by atoms with van der Waals surface area (Å²) >= 11 is 2.16. The monoisotopic (exact) mass is 454 g/mol. The quantitative estimate of drug-likeness (QED) is 0.420. The Labute approximate surface area is 156 Å². The zero-order valence-electron chi connectivity index (χ0n) is 14.0. The number of nitrogen functional groups attached to an aromatic ring is 2. The third-order valence-corrected chi connectivity index (χ3v) is 4.57. The van der Waals surface area contributed by atoms with Gasteiger partial charge in [0.1, 0.15) is 19.6 Å². The van der Waals surface area contributed by atoms with Crippen LogP contribution in [0.25, 0.3) is 0 Å². The zero-order valence-corrected chi connectivity index (χ0v) is 17.1. The number of hydrogen-bond acceptors (Lipinski definition) is 6. The van der Waals surface area contributed by atoms with Gasteiger partial charge in [0.25, 0.3) is 0 Å². The molecule has 0 aliphatic rings. The maximum atomic E-state index is 5.84. The molecule has 8 heteroatoms. The van der Waals surface area contributed by atoms with Crippen molar-refractivity contribution in [2.45, 2.75) is 19.6 Å². The average Bonchev–Trinajstić information content (AvgIpc) is 2.49. The third kappa shape index (κ3) is 4.75. The Bertz CT molecular complexity index is 825. The van der Waals surface area contributed by atoms with E-state index in [9.17, 15) is 0 Å². The molecule has 2 rings (SSSR count). The van der Waals surface area contributed by atoms with Gasteiger partial charge in [0.2, 0.25) is 5.95 Å². The van der Waals surface area contributed by atoms with Crippen molar-refractivity contribution >= 4 is 42.4 Å². The van der Waals surface area contributed by atoms with Crippen molar-refractivity contribution in [3.63, 3.8) is 0 Å². The number of nitrogens with two attached hydrogens (primary N) is 2. The fourth-order valence-electron chi connectivity index (χ4n) is 1.73. The van der Waals surface area contributed by atoms with Crippen LogP contribution in [0.3, 0.4) is 0 Å². The predicted molar refractivity (Wildman–Crippen MR) is 107 cm³/mol. The number of benzene rings is 1. The fraction of sp³-hybridized carbons (Fsp3) is 0.250. The molecule has 4 N–H and O–H groups in total. The highest BCUT2D eigenvalue weighted by atomic mass is 127. The van der Waals surface area contributed by atoms with E-state index in [1.165, 1.54) is 6.20 Å². The van der Waals surface area contributed by atoms with Gasteiger partial charge in [-0.3, -0.25) is 0 Å². The average molecular weight is 454 g/mol. The molecule has 0 aliphatic heterocycles. The number of nitrogens with zero attached hydrogens (tertiary/aromatic N) is 2. The van der Waals surface area contributed by atoms with Gasteiger partial charge < -0.3 is 20.9 Å². The van der Waals surface area contributed by atoms with Gasteiger partial charge in [-0.15, -0.1) is 5.54 Å². The molecule has 0 fully saturated rings. The van der Waals surface area contributed by atoms with Crippen molar-refractivity contribution in [2.75, 3.05) is 18.6 Å². The number of aromatic nitrogens is 2. The van der Waals surface area contributed by atoms with Crippen LogP contribution >= 0.6 is 22.6 Å². The molecule has 24 heavy (non-hydrogen) atoms. The molecule has 0 radical (unpaired) electrons. The van der Waals surface area contributed by atoms with E-state index in [0.717, 1.165) is 9.13 Å². The van der Waals surface area contributed by atoms with E-state index in [-0.39, 0.29) is 11.8 Å². The highest BCUT2D eigenvalue weighted by molar-refractivity contribution is 14.1. The van der Waals surface area contributed by atoms with Crippen molar-refractivity contribution < 1.29 is 9.47 Å². The minimum Gasteiger partial charge on any atom is -0.495 e. The van der Waals surface area contributed by atoms with E-state index in [1.54, 1.807) is 7.11 Å². The summed E-state index contributed by atoms with van der Waals surface area (Å²) in [5, 5.41) is 0. The molecule has 0 atom stereocenters. The minimum atomic E-state index is -1.51. The molecule has 1 aromatic carbocycles.